The van der Waals surface area contributed by atoms with E-state index in [9.17, 15) is 9.59 Å². The van der Waals surface area contributed by atoms with E-state index in [1.54, 1.807) is 24.3 Å². The number of hydrogen-bond donors (Lipinski definition) is 1. The highest BCUT2D eigenvalue weighted by atomic mass is 16.2. The summed E-state index contributed by atoms with van der Waals surface area (Å²) in [7, 11) is 4.04. The van der Waals surface area contributed by atoms with Gasteiger partial charge in [-0.25, -0.2) is 4.79 Å². The number of urea groups is 1. The van der Waals surface area contributed by atoms with Crippen LogP contribution in [0.4, 0.5) is 10.5 Å². The van der Waals surface area contributed by atoms with E-state index in [1.807, 2.05) is 19.0 Å². The third-order valence-electron chi connectivity index (χ3n) is 3.73. The summed E-state index contributed by atoms with van der Waals surface area (Å²) in [6, 6.07) is 7.24. The minimum Gasteiger partial charge on any atom is -0.320 e. The summed E-state index contributed by atoms with van der Waals surface area (Å²) in [5.74, 6) is -0.00208. The molecule has 0 bridgehead atoms. The van der Waals surface area contributed by atoms with Crippen molar-refractivity contribution in [2.45, 2.75) is 25.8 Å². The van der Waals surface area contributed by atoms with Crippen LogP contribution in [0, 0.1) is 0 Å². The highest BCUT2D eigenvalue weighted by Gasteiger charge is 2.29. The molecule has 5 nitrogen and oxygen atoms in total. The summed E-state index contributed by atoms with van der Waals surface area (Å²) in [6.07, 6.45) is 2.08. The van der Waals surface area contributed by atoms with Gasteiger partial charge in [0.15, 0.2) is 5.78 Å². The van der Waals surface area contributed by atoms with Crippen molar-refractivity contribution in [3.8, 4) is 0 Å². The van der Waals surface area contributed by atoms with Crippen LogP contribution in [0.3, 0.4) is 0 Å². The van der Waals surface area contributed by atoms with E-state index in [0.29, 0.717) is 11.3 Å². The summed E-state index contributed by atoms with van der Waals surface area (Å²) in [5, 5.41) is 2.90. The smallest absolute Gasteiger partial charge is 0.320 e. The maximum absolute atomic E-state index is 12.4. The average Bonchev–Trinajstić information content (AvgIpc) is 2.86. The third-order valence-corrected chi connectivity index (χ3v) is 3.73. The molecule has 114 valence electrons. The minimum absolute atomic E-state index is 0.00208. The van der Waals surface area contributed by atoms with Crippen LogP contribution in [0.2, 0.25) is 0 Å². The second kappa shape index (κ2) is 6.72. The van der Waals surface area contributed by atoms with Crippen molar-refractivity contribution in [2.75, 3.05) is 32.5 Å². The highest BCUT2D eigenvalue weighted by molar-refractivity contribution is 5.96. The molecular weight excluding hydrogens is 266 g/mol. The maximum atomic E-state index is 12.4. The molecular formula is C16H23N3O2. The van der Waals surface area contributed by atoms with Gasteiger partial charge in [-0.2, -0.15) is 0 Å². The van der Waals surface area contributed by atoms with Gasteiger partial charge in [-0.05, 0) is 46.0 Å². The molecule has 0 saturated carbocycles. The third kappa shape index (κ3) is 4.04. The molecule has 0 aliphatic carbocycles. The zero-order valence-electron chi connectivity index (χ0n) is 12.9. The Bertz CT molecular complexity index is 528. The van der Waals surface area contributed by atoms with Gasteiger partial charge in [0, 0.05) is 30.4 Å². The first-order valence-corrected chi connectivity index (χ1v) is 7.30. The monoisotopic (exact) mass is 289 g/mol. The van der Waals surface area contributed by atoms with Crippen molar-refractivity contribution < 1.29 is 9.59 Å². The largest absolute Gasteiger partial charge is 0.322 e. The number of amides is 2. The second-order valence-corrected chi connectivity index (χ2v) is 5.82. The maximum Gasteiger partial charge on any atom is 0.322 e. The fraction of sp³-hybridized carbons (Fsp3) is 0.500. The summed E-state index contributed by atoms with van der Waals surface area (Å²) >= 11 is 0. The molecule has 1 aromatic carbocycles. The molecule has 1 fully saturated rings. The molecule has 1 aromatic rings. The van der Waals surface area contributed by atoms with Crippen LogP contribution in [0.25, 0.3) is 0 Å². The van der Waals surface area contributed by atoms with Gasteiger partial charge < -0.3 is 15.1 Å². The number of carbonyl (C=O) groups is 2. The molecule has 1 N–H and O–H groups in total. The molecule has 1 atom stereocenters. The number of nitrogens with zero attached hydrogens (tertiary/aromatic N) is 2. The summed E-state index contributed by atoms with van der Waals surface area (Å²) in [5.41, 5.74) is 1.28. The summed E-state index contributed by atoms with van der Waals surface area (Å²) < 4.78 is 0. The lowest BCUT2D eigenvalue weighted by Crippen LogP contribution is -2.43. The molecule has 0 spiro atoms. The number of rotatable bonds is 4. The van der Waals surface area contributed by atoms with Gasteiger partial charge in [0.25, 0.3) is 0 Å². The van der Waals surface area contributed by atoms with Gasteiger partial charge >= 0.3 is 6.03 Å². The first kappa shape index (κ1) is 15.5. The number of carbonyl (C=O) groups excluding carboxylic acids is 2. The lowest BCUT2D eigenvalue weighted by molar-refractivity contribution is 0.101. The van der Waals surface area contributed by atoms with Crippen molar-refractivity contribution in [2.24, 2.45) is 0 Å². The minimum atomic E-state index is -0.0833. The summed E-state index contributed by atoms with van der Waals surface area (Å²) in [6.45, 7) is 3.19. The van der Waals surface area contributed by atoms with Gasteiger partial charge in [-0.15, -0.1) is 0 Å². The van der Waals surface area contributed by atoms with Crippen LogP contribution in [0.15, 0.2) is 24.3 Å². The summed E-state index contributed by atoms with van der Waals surface area (Å²) in [4.78, 5) is 27.8. The van der Waals surface area contributed by atoms with Crippen molar-refractivity contribution >= 4 is 17.5 Å². The van der Waals surface area contributed by atoms with Crippen LogP contribution >= 0.6 is 0 Å². The molecule has 1 heterocycles. The first-order valence-electron chi connectivity index (χ1n) is 7.30. The number of anilines is 1. The molecule has 2 rings (SSSR count). The van der Waals surface area contributed by atoms with Crippen molar-refractivity contribution in [1.82, 2.24) is 9.80 Å². The molecule has 1 unspecified atom stereocenters. The Balaban J connectivity index is 2.03. The number of likely N-dealkylation sites (tertiary alicyclic amines) is 1. The lowest BCUT2D eigenvalue weighted by atomic mass is 10.1. The standard InChI is InChI=1S/C16H23N3O2/c1-12(20)13-6-4-7-14(10-13)17-16(21)19-9-5-8-15(19)11-18(2)3/h4,6-7,10,15H,5,8-9,11H2,1-3H3,(H,17,21). The van der Waals surface area contributed by atoms with Gasteiger partial charge in [0.1, 0.15) is 0 Å². The fourth-order valence-electron chi connectivity index (χ4n) is 2.73. The Kier molecular flexibility index (Phi) is 4.96. The fourth-order valence-corrected chi connectivity index (χ4v) is 2.73. The highest BCUT2D eigenvalue weighted by Crippen LogP contribution is 2.20. The SMILES string of the molecule is CC(=O)c1cccc(NC(=O)N2CCCC2CN(C)C)c1. The Hall–Kier alpha value is -1.88. The van der Waals surface area contributed by atoms with Crippen LogP contribution < -0.4 is 5.32 Å². The van der Waals surface area contributed by atoms with Gasteiger partial charge in [0.05, 0.1) is 0 Å². The molecule has 21 heavy (non-hydrogen) atoms. The lowest BCUT2D eigenvalue weighted by Gasteiger charge is -2.27. The molecule has 2 amide bonds. The van der Waals surface area contributed by atoms with E-state index < -0.39 is 0 Å². The topological polar surface area (TPSA) is 52.7 Å². The van der Waals surface area contributed by atoms with E-state index in [2.05, 4.69) is 10.2 Å². The Morgan fingerprint density at radius 3 is 2.81 bits per heavy atom. The van der Waals surface area contributed by atoms with Crippen LogP contribution in [-0.2, 0) is 0 Å². The quantitative estimate of drug-likeness (QED) is 0.866. The van der Waals surface area contributed by atoms with E-state index in [4.69, 9.17) is 0 Å². The predicted octanol–water partition coefficient (Wildman–Crippen LogP) is 2.45. The molecule has 1 aliphatic heterocycles. The number of hydrogen-bond acceptors (Lipinski definition) is 3. The molecule has 1 saturated heterocycles. The predicted molar refractivity (Wildman–Crippen MR) is 83.7 cm³/mol. The number of nitrogens with one attached hydrogen (secondary N) is 1. The van der Waals surface area contributed by atoms with Crippen molar-refractivity contribution in [1.29, 1.82) is 0 Å². The van der Waals surface area contributed by atoms with E-state index in [-0.39, 0.29) is 17.9 Å². The van der Waals surface area contributed by atoms with Gasteiger partial charge in [-0.1, -0.05) is 12.1 Å². The van der Waals surface area contributed by atoms with E-state index in [1.165, 1.54) is 6.92 Å². The van der Waals surface area contributed by atoms with E-state index in [0.717, 1.165) is 25.9 Å². The Morgan fingerprint density at radius 1 is 1.38 bits per heavy atom. The Labute approximate surface area is 125 Å². The number of likely N-dealkylation sites (N-methyl/N-ethyl adjacent to an activating group) is 1. The van der Waals surface area contributed by atoms with Gasteiger partial charge in [-0.3, -0.25) is 4.79 Å². The van der Waals surface area contributed by atoms with Crippen LogP contribution in [0.5, 0.6) is 0 Å². The first-order chi connectivity index (χ1) is 9.97. The zero-order chi connectivity index (χ0) is 15.4. The second-order valence-electron chi connectivity index (χ2n) is 5.82. The van der Waals surface area contributed by atoms with E-state index >= 15 is 0 Å². The van der Waals surface area contributed by atoms with Crippen LogP contribution in [0.1, 0.15) is 30.1 Å². The van der Waals surface area contributed by atoms with Gasteiger partial charge in [0.2, 0.25) is 0 Å². The molecule has 5 heteroatoms. The van der Waals surface area contributed by atoms with Crippen molar-refractivity contribution in [3.63, 3.8) is 0 Å². The molecule has 0 aromatic heterocycles. The zero-order valence-corrected chi connectivity index (χ0v) is 12.9. The Morgan fingerprint density at radius 2 is 2.14 bits per heavy atom. The number of benzene rings is 1. The van der Waals surface area contributed by atoms with Crippen molar-refractivity contribution in [3.05, 3.63) is 29.8 Å². The molecule has 0 radical (unpaired) electrons. The number of ketones is 1. The number of Topliss-reactive ketones (excluding diaryl/α,β-unsaturated/α-hetero) is 1. The molecule has 1 aliphatic rings. The van der Waals surface area contributed by atoms with Crippen LogP contribution in [-0.4, -0.2) is 54.8 Å². The average molecular weight is 289 g/mol. The normalized spacial score (nSPS) is 18.1.